The Morgan fingerprint density at radius 3 is 2.00 bits per heavy atom. The van der Waals surface area contributed by atoms with Gasteiger partial charge in [-0.05, 0) is 79.9 Å². The van der Waals surface area contributed by atoms with Crippen LogP contribution in [0.2, 0.25) is 0 Å². The van der Waals surface area contributed by atoms with Gasteiger partial charge in [-0.3, -0.25) is 0 Å². The molecular weight excluding hydrogens is 553 g/mol. The van der Waals surface area contributed by atoms with Gasteiger partial charge in [-0.1, -0.05) is 115 Å². The number of hydrogen-bond donors (Lipinski definition) is 1. The summed E-state index contributed by atoms with van der Waals surface area (Å²) in [6.07, 6.45) is 2.39. The van der Waals surface area contributed by atoms with Gasteiger partial charge >= 0.3 is 0 Å². The Balaban J connectivity index is 1.26. The van der Waals surface area contributed by atoms with Crippen LogP contribution in [0.3, 0.4) is 0 Å². The molecule has 44 heavy (non-hydrogen) atoms. The van der Waals surface area contributed by atoms with Gasteiger partial charge in [0.25, 0.3) is 0 Å². The molecule has 1 N–H and O–H groups in total. The van der Waals surface area contributed by atoms with Crippen molar-refractivity contribution in [1.82, 2.24) is 0 Å². The highest BCUT2D eigenvalue weighted by Gasteiger charge is 2.22. The van der Waals surface area contributed by atoms with Crippen molar-refractivity contribution in [2.45, 2.75) is 0 Å². The van der Waals surface area contributed by atoms with Crippen molar-refractivity contribution in [3.05, 3.63) is 157 Å². The van der Waals surface area contributed by atoms with Gasteiger partial charge in [-0.25, -0.2) is 0 Å². The van der Waals surface area contributed by atoms with Crippen molar-refractivity contribution in [3.63, 3.8) is 0 Å². The Morgan fingerprint density at radius 2 is 1.16 bits per heavy atom. The highest BCUT2D eigenvalue weighted by atomic mass is 32.1. The lowest BCUT2D eigenvalue weighted by atomic mass is 9.96. The van der Waals surface area contributed by atoms with Crippen molar-refractivity contribution in [1.29, 1.82) is 0 Å². The van der Waals surface area contributed by atoms with E-state index in [2.05, 4.69) is 162 Å². The molecule has 3 heteroatoms. The second kappa shape index (κ2) is 10.1. The summed E-state index contributed by atoms with van der Waals surface area (Å²) in [5.74, 6) is 0. The van der Waals surface area contributed by atoms with Gasteiger partial charge in [0.15, 0.2) is 0 Å². The zero-order chi connectivity index (χ0) is 29.0. The van der Waals surface area contributed by atoms with Crippen molar-refractivity contribution in [2.24, 2.45) is 0 Å². The minimum absolute atomic E-state index is 0.747. The Labute approximate surface area is 260 Å². The molecule has 0 unspecified atom stereocenters. The monoisotopic (exact) mass is 580 g/mol. The summed E-state index contributed by atoms with van der Waals surface area (Å²) in [6, 6.07) is 52.9. The normalized spacial score (nSPS) is 12.8. The molecule has 2 nitrogen and oxygen atoms in total. The Hall–Kier alpha value is -5.38. The number of fused-ring (bicyclic) bond motifs is 8. The van der Waals surface area contributed by atoms with E-state index < -0.39 is 0 Å². The molecule has 0 aliphatic carbocycles. The number of rotatable bonds is 4. The van der Waals surface area contributed by atoms with E-state index in [-0.39, 0.29) is 0 Å². The summed E-state index contributed by atoms with van der Waals surface area (Å²) in [4.78, 5) is 2.43. The third-order valence-electron chi connectivity index (χ3n) is 8.86. The van der Waals surface area contributed by atoms with Gasteiger partial charge in [0.2, 0.25) is 0 Å². The molecule has 1 aliphatic rings. The molecule has 0 amide bonds. The van der Waals surface area contributed by atoms with E-state index in [1.54, 1.807) is 0 Å². The molecule has 208 valence electrons. The fourth-order valence-electron chi connectivity index (χ4n) is 6.74. The van der Waals surface area contributed by atoms with Crippen molar-refractivity contribution in [3.8, 4) is 11.1 Å². The SMILES string of the molecule is C1=C(N(c2ccc(-c3ccccc3)cc2)c2ccc3ccc4ccc5ccccc5c4c3c2)CNc2sc3ccccc3c21. The quantitative estimate of drug-likeness (QED) is 0.208. The van der Waals surface area contributed by atoms with Gasteiger partial charge in [0.05, 0.1) is 11.5 Å². The smallest absolute Gasteiger partial charge is 0.0972 e. The van der Waals surface area contributed by atoms with E-state index in [9.17, 15) is 0 Å². The van der Waals surface area contributed by atoms with E-state index in [0.29, 0.717) is 0 Å². The number of hydrogen-bond acceptors (Lipinski definition) is 3. The minimum atomic E-state index is 0.747. The van der Waals surface area contributed by atoms with Crippen LogP contribution in [0.1, 0.15) is 5.56 Å². The molecular formula is C41H28N2S. The first-order valence-corrected chi connectivity index (χ1v) is 15.9. The van der Waals surface area contributed by atoms with Crippen LogP contribution in [-0.4, -0.2) is 6.54 Å². The lowest BCUT2D eigenvalue weighted by Gasteiger charge is -2.31. The Morgan fingerprint density at radius 1 is 0.523 bits per heavy atom. The third-order valence-corrected chi connectivity index (χ3v) is 10.0. The standard InChI is InChI=1S/C41H28N2S/c1-2-8-27(9-3-1)28-18-21-32(22-19-28)43(34-25-38-36-12-6-7-13-39(36)44-41(38)42-26-34)33-23-20-30-15-17-31-16-14-29-10-4-5-11-35(29)40(31)37(30)24-33/h1-25,42H,26H2. The number of benzene rings is 7. The van der Waals surface area contributed by atoms with Gasteiger partial charge in [-0.15, -0.1) is 11.3 Å². The summed E-state index contributed by atoms with van der Waals surface area (Å²) in [7, 11) is 0. The molecule has 7 aromatic carbocycles. The van der Waals surface area contributed by atoms with Crippen molar-refractivity contribution < 1.29 is 0 Å². The summed E-state index contributed by atoms with van der Waals surface area (Å²) >= 11 is 1.83. The summed E-state index contributed by atoms with van der Waals surface area (Å²) in [6.45, 7) is 0.747. The van der Waals surface area contributed by atoms with Crippen LogP contribution < -0.4 is 10.2 Å². The first kappa shape index (κ1) is 25.1. The molecule has 0 spiro atoms. The van der Waals surface area contributed by atoms with Crippen LogP contribution in [0.5, 0.6) is 0 Å². The highest BCUT2D eigenvalue weighted by molar-refractivity contribution is 7.23. The number of thiophene rings is 1. The maximum atomic E-state index is 3.76. The fraction of sp³-hybridized carbons (Fsp3) is 0.0244. The summed E-state index contributed by atoms with van der Waals surface area (Å²) in [5, 5.41) is 13.9. The van der Waals surface area contributed by atoms with Crippen LogP contribution in [0, 0.1) is 0 Å². The predicted octanol–water partition coefficient (Wildman–Crippen LogP) is 11.6. The molecule has 0 saturated carbocycles. The zero-order valence-corrected chi connectivity index (χ0v) is 24.8. The fourth-order valence-corrected chi connectivity index (χ4v) is 7.82. The molecule has 0 atom stereocenters. The summed E-state index contributed by atoms with van der Waals surface area (Å²) < 4.78 is 1.31. The predicted molar refractivity (Wildman–Crippen MR) is 191 cm³/mol. The molecule has 8 aromatic rings. The average molecular weight is 581 g/mol. The molecule has 2 heterocycles. The number of nitrogens with one attached hydrogen (secondary N) is 1. The Bertz CT molecular complexity index is 2380. The second-order valence-electron chi connectivity index (χ2n) is 11.4. The van der Waals surface area contributed by atoms with E-state index in [1.165, 1.54) is 69.8 Å². The van der Waals surface area contributed by atoms with Crippen LogP contribution in [0.4, 0.5) is 16.4 Å². The van der Waals surface area contributed by atoms with E-state index in [0.717, 1.165) is 17.9 Å². The van der Waals surface area contributed by atoms with E-state index in [1.807, 2.05) is 11.3 Å². The van der Waals surface area contributed by atoms with Gasteiger partial charge < -0.3 is 10.2 Å². The van der Waals surface area contributed by atoms with Crippen molar-refractivity contribution in [2.75, 3.05) is 16.8 Å². The molecule has 0 fully saturated rings. The first-order chi connectivity index (χ1) is 21.8. The van der Waals surface area contributed by atoms with Gasteiger partial charge in [0.1, 0.15) is 0 Å². The molecule has 9 rings (SSSR count). The maximum absolute atomic E-state index is 3.76. The largest absolute Gasteiger partial charge is 0.371 e. The molecule has 1 aliphatic heterocycles. The van der Waals surface area contributed by atoms with Crippen molar-refractivity contribution >= 4 is 76.2 Å². The van der Waals surface area contributed by atoms with Crippen LogP contribution in [-0.2, 0) is 0 Å². The van der Waals surface area contributed by atoms with Crippen LogP contribution >= 0.6 is 11.3 Å². The molecule has 0 radical (unpaired) electrons. The lowest BCUT2D eigenvalue weighted by Crippen LogP contribution is -2.24. The maximum Gasteiger partial charge on any atom is 0.0972 e. The topological polar surface area (TPSA) is 15.3 Å². The van der Waals surface area contributed by atoms with Crippen LogP contribution in [0.25, 0.3) is 59.6 Å². The Kier molecular flexibility index (Phi) is 5.78. The van der Waals surface area contributed by atoms with Gasteiger partial charge in [-0.2, -0.15) is 0 Å². The number of nitrogens with zero attached hydrogens (tertiary/aromatic N) is 1. The minimum Gasteiger partial charge on any atom is -0.371 e. The highest BCUT2D eigenvalue weighted by Crippen LogP contribution is 2.43. The summed E-state index contributed by atoms with van der Waals surface area (Å²) in [5.41, 5.74) is 7.23. The molecule has 0 bridgehead atoms. The lowest BCUT2D eigenvalue weighted by molar-refractivity contribution is 1.09. The van der Waals surface area contributed by atoms with E-state index in [4.69, 9.17) is 0 Å². The first-order valence-electron chi connectivity index (χ1n) is 15.1. The van der Waals surface area contributed by atoms with Crippen LogP contribution in [0.15, 0.2) is 151 Å². The second-order valence-corrected chi connectivity index (χ2v) is 12.5. The van der Waals surface area contributed by atoms with Gasteiger partial charge in [0, 0.05) is 32.7 Å². The third kappa shape index (κ3) is 4.09. The number of anilines is 3. The molecule has 0 saturated heterocycles. The van der Waals surface area contributed by atoms with E-state index >= 15 is 0 Å². The molecule has 1 aromatic heterocycles. The zero-order valence-electron chi connectivity index (χ0n) is 24.0. The average Bonchev–Trinajstić information content (AvgIpc) is 3.47.